The van der Waals surface area contributed by atoms with Crippen molar-refractivity contribution in [2.24, 2.45) is 5.73 Å². The molecule has 1 fully saturated rings. The van der Waals surface area contributed by atoms with Gasteiger partial charge in [0.05, 0.1) is 6.10 Å². The lowest BCUT2D eigenvalue weighted by molar-refractivity contribution is 0.0650. The molecule has 1 aromatic carbocycles. The van der Waals surface area contributed by atoms with Gasteiger partial charge in [-0.15, -0.1) is 0 Å². The number of ether oxygens (including phenoxy) is 2. The smallest absolute Gasteiger partial charge is 0.190 e. The Morgan fingerprint density at radius 3 is 2.63 bits per heavy atom. The van der Waals surface area contributed by atoms with Crippen LogP contribution in [0.25, 0.3) is 0 Å². The molecular weight excluding hydrogens is 252 g/mol. The van der Waals surface area contributed by atoms with Crippen molar-refractivity contribution in [3.63, 3.8) is 0 Å². The minimum atomic E-state index is -0.686. The minimum Gasteiger partial charge on any atom is -0.485 e. The van der Waals surface area contributed by atoms with E-state index in [0.29, 0.717) is 18.6 Å². The SMILES string of the molecule is CC(N)Cc1cc(F)c(OCC2CCCO2)c(F)c1. The Kier molecular flexibility index (Phi) is 4.71. The average Bonchev–Trinajstić information content (AvgIpc) is 2.79. The van der Waals surface area contributed by atoms with E-state index in [-0.39, 0.29) is 24.5 Å². The van der Waals surface area contributed by atoms with Crippen molar-refractivity contribution in [1.29, 1.82) is 0 Å². The summed E-state index contributed by atoms with van der Waals surface area (Å²) in [4.78, 5) is 0. The number of hydrogen-bond donors (Lipinski definition) is 1. The topological polar surface area (TPSA) is 44.5 Å². The summed E-state index contributed by atoms with van der Waals surface area (Å²) in [5.41, 5.74) is 6.15. The highest BCUT2D eigenvalue weighted by atomic mass is 19.1. The molecule has 0 aliphatic carbocycles. The maximum Gasteiger partial charge on any atom is 0.190 e. The van der Waals surface area contributed by atoms with Gasteiger partial charge >= 0.3 is 0 Å². The van der Waals surface area contributed by atoms with E-state index in [9.17, 15) is 8.78 Å². The fourth-order valence-corrected chi connectivity index (χ4v) is 2.19. The van der Waals surface area contributed by atoms with E-state index in [1.54, 1.807) is 6.92 Å². The highest BCUT2D eigenvalue weighted by Gasteiger charge is 2.19. The van der Waals surface area contributed by atoms with Gasteiger partial charge in [-0.2, -0.15) is 0 Å². The van der Waals surface area contributed by atoms with Gasteiger partial charge in [0.15, 0.2) is 17.4 Å². The Morgan fingerprint density at radius 2 is 2.11 bits per heavy atom. The lowest BCUT2D eigenvalue weighted by Gasteiger charge is -2.14. The van der Waals surface area contributed by atoms with Crippen molar-refractivity contribution in [3.8, 4) is 5.75 Å². The van der Waals surface area contributed by atoms with Crippen LogP contribution in [0.1, 0.15) is 25.3 Å². The summed E-state index contributed by atoms with van der Waals surface area (Å²) in [5, 5.41) is 0. The lowest BCUT2D eigenvalue weighted by atomic mass is 10.1. The van der Waals surface area contributed by atoms with Crippen LogP contribution in [0.2, 0.25) is 0 Å². The van der Waals surface area contributed by atoms with E-state index in [0.717, 1.165) is 12.8 Å². The summed E-state index contributed by atoms with van der Waals surface area (Å²) >= 11 is 0. The molecule has 3 nitrogen and oxygen atoms in total. The van der Waals surface area contributed by atoms with Gasteiger partial charge in [-0.05, 0) is 43.9 Å². The standard InChI is InChI=1S/C14H19F2NO2/c1-9(17)5-10-6-12(15)14(13(16)7-10)19-8-11-3-2-4-18-11/h6-7,9,11H,2-5,8,17H2,1H3. The van der Waals surface area contributed by atoms with E-state index >= 15 is 0 Å². The molecule has 1 heterocycles. The molecule has 1 saturated heterocycles. The largest absolute Gasteiger partial charge is 0.485 e. The molecule has 1 aliphatic rings. The van der Waals surface area contributed by atoms with Crippen LogP contribution in [0.4, 0.5) is 8.78 Å². The second-order valence-electron chi connectivity index (χ2n) is 5.02. The van der Waals surface area contributed by atoms with Crippen molar-refractivity contribution in [3.05, 3.63) is 29.3 Å². The Balaban J connectivity index is 2.03. The van der Waals surface area contributed by atoms with Crippen LogP contribution in [0.3, 0.4) is 0 Å². The van der Waals surface area contributed by atoms with Crippen molar-refractivity contribution in [2.45, 2.75) is 38.3 Å². The molecule has 1 aromatic rings. The molecule has 2 atom stereocenters. The first-order valence-corrected chi connectivity index (χ1v) is 6.54. The van der Waals surface area contributed by atoms with Gasteiger partial charge in [-0.3, -0.25) is 0 Å². The van der Waals surface area contributed by atoms with Gasteiger partial charge in [0.2, 0.25) is 0 Å². The molecule has 0 aromatic heterocycles. The summed E-state index contributed by atoms with van der Waals surface area (Å²) in [7, 11) is 0. The maximum atomic E-state index is 13.8. The van der Waals surface area contributed by atoms with E-state index in [4.69, 9.17) is 15.2 Å². The van der Waals surface area contributed by atoms with Crippen LogP contribution in [-0.2, 0) is 11.2 Å². The number of hydrogen-bond acceptors (Lipinski definition) is 3. The number of nitrogens with two attached hydrogens (primary N) is 1. The average molecular weight is 271 g/mol. The molecule has 106 valence electrons. The summed E-state index contributed by atoms with van der Waals surface area (Å²) < 4.78 is 38.1. The van der Waals surface area contributed by atoms with Gasteiger partial charge in [0.25, 0.3) is 0 Å². The summed E-state index contributed by atoms with van der Waals surface area (Å²) in [5.74, 6) is -1.70. The van der Waals surface area contributed by atoms with E-state index in [1.165, 1.54) is 12.1 Å². The molecule has 2 N–H and O–H groups in total. The number of halogens is 2. The summed E-state index contributed by atoms with van der Waals surface area (Å²) in [6, 6.07) is 2.41. The Bertz CT molecular complexity index is 408. The molecule has 2 rings (SSSR count). The van der Waals surface area contributed by atoms with Crippen LogP contribution in [-0.4, -0.2) is 25.4 Å². The molecule has 0 radical (unpaired) electrons. The molecule has 19 heavy (non-hydrogen) atoms. The number of rotatable bonds is 5. The molecule has 0 bridgehead atoms. The fourth-order valence-electron chi connectivity index (χ4n) is 2.19. The summed E-state index contributed by atoms with van der Waals surface area (Å²) in [6.45, 7) is 2.66. The number of benzene rings is 1. The molecule has 0 spiro atoms. The monoisotopic (exact) mass is 271 g/mol. The van der Waals surface area contributed by atoms with Crippen LogP contribution < -0.4 is 10.5 Å². The first-order chi connectivity index (χ1) is 9.06. The predicted molar refractivity (Wildman–Crippen MR) is 68.2 cm³/mol. The van der Waals surface area contributed by atoms with E-state index < -0.39 is 11.6 Å². The van der Waals surface area contributed by atoms with Crippen molar-refractivity contribution < 1.29 is 18.3 Å². The molecule has 1 aliphatic heterocycles. The third-order valence-electron chi connectivity index (χ3n) is 3.05. The second kappa shape index (κ2) is 6.30. The quantitative estimate of drug-likeness (QED) is 0.894. The van der Waals surface area contributed by atoms with Gasteiger partial charge in [0, 0.05) is 12.6 Å². The fraction of sp³-hybridized carbons (Fsp3) is 0.571. The Morgan fingerprint density at radius 1 is 1.42 bits per heavy atom. The zero-order valence-corrected chi connectivity index (χ0v) is 11.0. The maximum absolute atomic E-state index is 13.8. The predicted octanol–water partition coefficient (Wildman–Crippen LogP) is 2.41. The minimum absolute atomic E-state index is 0.0671. The van der Waals surface area contributed by atoms with E-state index in [2.05, 4.69) is 0 Å². The molecule has 2 unspecified atom stereocenters. The van der Waals surface area contributed by atoms with Gasteiger partial charge < -0.3 is 15.2 Å². The van der Waals surface area contributed by atoms with Crippen molar-refractivity contribution >= 4 is 0 Å². The van der Waals surface area contributed by atoms with Crippen LogP contribution in [0.15, 0.2) is 12.1 Å². The first kappa shape index (κ1) is 14.2. The van der Waals surface area contributed by atoms with Crippen molar-refractivity contribution in [2.75, 3.05) is 13.2 Å². The molecular formula is C14H19F2NO2. The van der Waals surface area contributed by atoms with Gasteiger partial charge in [-0.1, -0.05) is 0 Å². The summed E-state index contributed by atoms with van der Waals surface area (Å²) in [6.07, 6.45) is 2.19. The van der Waals surface area contributed by atoms with Crippen LogP contribution in [0.5, 0.6) is 5.75 Å². The third kappa shape index (κ3) is 3.88. The van der Waals surface area contributed by atoms with Crippen molar-refractivity contribution in [1.82, 2.24) is 0 Å². The highest BCUT2D eigenvalue weighted by Crippen LogP contribution is 2.25. The second-order valence-corrected chi connectivity index (χ2v) is 5.02. The first-order valence-electron chi connectivity index (χ1n) is 6.54. The Labute approximate surface area is 111 Å². The Hall–Kier alpha value is -1.20. The van der Waals surface area contributed by atoms with E-state index in [1.807, 2.05) is 0 Å². The van der Waals surface area contributed by atoms with Gasteiger partial charge in [-0.25, -0.2) is 8.78 Å². The third-order valence-corrected chi connectivity index (χ3v) is 3.05. The highest BCUT2D eigenvalue weighted by molar-refractivity contribution is 5.31. The lowest BCUT2D eigenvalue weighted by Crippen LogP contribution is -2.19. The zero-order chi connectivity index (χ0) is 13.8. The normalized spacial score (nSPS) is 20.5. The molecule has 0 saturated carbocycles. The van der Waals surface area contributed by atoms with Gasteiger partial charge in [0.1, 0.15) is 6.61 Å². The molecule has 5 heteroatoms. The van der Waals surface area contributed by atoms with Crippen LogP contribution >= 0.6 is 0 Å². The molecule has 0 amide bonds. The van der Waals surface area contributed by atoms with Crippen LogP contribution in [0, 0.1) is 11.6 Å². The zero-order valence-electron chi connectivity index (χ0n) is 11.0.